The molecule has 148 valence electrons. The summed E-state index contributed by atoms with van der Waals surface area (Å²) in [5.74, 6) is 0.752. The van der Waals surface area contributed by atoms with Gasteiger partial charge in [0, 0.05) is 12.6 Å². The lowest BCUT2D eigenvalue weighted by Crippen LogP contribution is -2.36. The predicted molar refractivity (Wildman–Crippen MR) is 103 cm³/mol. The van der Waals surface area contributed by atoms with Crippen LogP contribution in [0.1, 0.15) is 19.4 Å². The Kier molecular flexibility index (Phi) is 6.50. The molecule has 0 aliphatic carbocycles. The van der Waals surface area contributed by atoms with Gasteiger partial charge in [0.2, 0.25) is 10.0 Å². The minimum Gasteiger partial charge on any atom is -0.497 e. The van der Waals surface area contributed by atoms with Crippen molar-refractivity contribution in [3.8, 4) is 11.5 Å². The van der Waals surface area contributed by atoms with E-state index in [0.717, 1.165) is 6.26 Å². The van der Waals surface area contributed by atoms with Gasteiger partial charge in [-0.3, -0.25) is 0 Å². The van der Waals surface area contributed by atoms with Gasteiger partial charge in [-0.15, -0.1) is 0 Å². The third-order valence-corrected chi connectivity index (χ3v) is 6.28. The van der Waals surface area contributed by atoms with Crippen LogP contribution in [-0.2, 0) is 26.7 Å². The third kappa shape index (κ3) is 5.69. The molecular weight excluding hydrogens is 390 g/mol. The molecule has 2 aromatic rings. The lowest BCUT2D eigenvalue weighted by atomic mass is 10.2. The molecule has 27 heavy (non-hydrogen) atoms. The van der Waals surface area contributed by atoms with E-state index in [9.17, 15) is 16.8 Å². The van der Waals surface area contributed by atoms with E-state index < -0.39 is 20.1 Å². The van der Waals surface area contributed by atoms with Gasteiger partial charge in [-0.05, 0) is 55.8 Å². The monoisotopic (exact) mass is 413 g/mol. The fourth-order valence-electron chi connectivity index (χ4n) is 2.43. The largest absolute Gasteiger partial charge is 0.497 e. The summed E-state index contributed by atoms with van der Waals surface area (Å²) in [6, 6.07) is 12.2. The third-order valence-electron chi connectivity index (χ3n) is 3.75. The summed E-state index contributed by atoms with van der Waals surface area (Å²) in [6.07, 6.45) is 0.961. The zero-order chi connectivity index (χ0) is 20.2. The molecule has 0 aliphatic heterocycles. The average molecular weight is 414 g/mol. The van der Waals surface area contributed by atoms with Crippen LogP contribution in [0.5, 0.6) is 11.5 Å². The first-order chi connectivity index (χ1) is 12.5. The minimum absolute atomic E-state index is 0.144. The molecule has 0 aromatic heterocycles. The van der Waals surface area contributed by atoms with Gasteiger partial charge in [-0.2, -0.15) is 12.7 Å². The highest BCUT2D eigenvalue weighted by atomic mass is 32.2. The van der Waals surface area contributed by atoms with Crippen LogP contribution in [0.15, 0.2) is 53.4 Å². The Balaban J connectivity index is 2.26. The van der Waals surface area contributed by atoms with Gasteiger partial charge in [-0.25, -0.2) is 8.42 Å². The molecule has 2 aromatic carbocycles. The van der Waals surface area contributed by atoms with E-state index in [1.807, 2.05) is 0 Å². The summed E-state index contributed by atoms with van der Waals surface area (Å²) in [5, 5.41) is 0. The standard InChI is InChI=1S/C18H23NO6S2/c1-14(2)19(27(22,23)18-11-9-16(24-3)10-12-18)13-15-5-7-17(8-6-15)25-26(4,20)21/h5-12,14H,13H2,1-4H3. The number of ether oxygens (including phenoxy) is 1. The second-order valence-corrected chi connectivity index (χ2v) is 9.72. The number of benzene rings is 2. The summed E-state index contributed by atoms with van der Waals surface area (Å²) in [5.41, 5.74) is 0.710. The lowest BCUT2D eigenvalue weighted by Gasteiger charge is -2.26. The molecule has 0 heterocycles. The summed E-state index contributed by atoms with van der Waals surface area (Å²) < 4.78 is 59.6. The zero-order valence-corrected chi connectivity index (χ0v) is 17.2. The van der Waals surface area contributed by atoms with Crippen molar-refractivity contribution >= 4 is 20.1 Å². The van der Waals surface area contributed by atoms with Crippen LogP contribution in [0.2, 0.25) is 0 Å². The van der Waals surface area contributed by atoms with E-state index in [4.69, 9.17) is 8.92 Å². The van der Waals surface area contributed by atoms with Crippen LogP contribution < -0.4 is 8.92 Å². The number of nitrogens with zero attached hydrogens (tertiary/aromatic N) is 1. The van der Waals surface area contributed by atoms with Crippen LogP contribution in [0.3, 0.4) is 0 Å². The molecule has 7 nitrogen and oxygen atoms in total. The van der Waals surface area contributed by atoms with Gasteiger partial charge in [0.25, 0.3) is 0 Å². The van der Waals surface area contributed by atoms with Crippen LogP contribution >= 0.6 is 0 Å². The lowest BCUT2D eigenvalue weighted by molar-refractivity contribution is 0.348. The van der Waals surface area contributed by atoms with Crippen molar-refractivity contribution < 1.29 is 25.8 Å². The van der Waals surface area contributed by atoms with Crippen LogP contribution in [-0.4, -0.2) is 40.5 Å². The molecular formula is C18H23NO6S2. The Morgan fingerprint density at radius 3 is 1.85 bits per heavy atom. The Morgan fingerprint density at radius 1 is 0.889 bits per heavy atom. The van der Waals surface area contributed by atoms with E-state index in [0.29, 0.717) is 11.3 Å². The molecule has 0 saturated heterocycles. The Bertz CT molecular complexity index is 966. The smallest absolute Gasteiger partial charge is 0.306 e. The second-order valence-electron chi connectivity index (χ2n) is 6.25. The normalized spacial score (nSPS) is 12.4. The van der Waals surface area contributed by atoms with E-state index in [1.54, 1.807) is 38.1 Å². The van der Waals surface area contributed by atoms with Gasteiger partial charge in [0.05, 0.1) is 18.3 Å². The van der Waals surface area contributed by atoms with Crippen LogP contribution in [0, 0.1) is 0 Å². The summed E-state index contributed by atoms with van der Waals surface area (Å²) in [7, 11) is -5.80. The van der Waals surface area contributed by atoms with Gasteiger partial charge in [0.1, 0.15) is 11.5 Å². The molecule has 0 saturated carbocycles. The zero-order valence-electron chi connectivity index (χ0n) is 15.6. The van der Waals surface area contributed by atoms with Gasteiger partial charge < -0.3 is 8.92 Å². The maximum absolute atomic E-state index is 13.0. The number of sulfonamides is 1. The molecule has 0 fully saturated rings. The second kappa shape index (κ2) is 8.28. The topological polar surface area (TPSA) is 90.0 Å². The summed E-state index contributed by atoms with van der Waals surface area (Å²) in [4.78, 5) is 0.175. The Labute approximate surface area is 160 Å². The van der Waals surface area contributed by atoms with Gasteiger partial charge in [-0.1, -0.05) is 12.1 Å². The van der Waals surface area contributed by atoms with E-state index >= 15 is 0 Å². The van der Waals surface area contributed by atoms with Crippen molar-refractivity contribution in [3.63, 3.8) is 0 Å². The number of hydrogen-bond acceptors (Lipinski definition) is 6. The number of methoxy groups -OCH3 is 1. The molecule has 0 atom stereocenters. The van der Waals surface area contributed by atoms with Gasteiger partial charge >= 0.3 is 10.1 Å². The maximum atomic E-state index is 13.0. The fraction of sp³-hybridized carbons (Fsp3) is 0.333. The molecule has 0 radical (unpaired) electrons. The van der Waals surface area contributed by atoms with Crippen molar-refractivity contribution in [3.05, 3.63) is 54.1 Å². The Morgan fingerprint density at radius 2 is 1.41 bits per heavy atom. The van der Waals surface area contributed by atoms with Crippen LogP contribution in [0.25, 0.3) is 0 Å². The van der Waals surface area contributed by atoms with E-state index in [-0.39, 0.29) is 23.2 Å². The average Bonchev–Trinajstić information content (AvgIpc) is 2.59. The first-order valence-corrected chi connectivity index (χ1v) is 11.4. The molecule has 9 heteroatoms. The minimum atomic E-state index is -3.71. The van der Waals surface area contributed by atoms with Crippen molar-refractivity contribution in [2.75, 3.05) is 13.4 Å². The first kappa shape index (κ1) is 21.2. The summed E-state index contributed by atoms with van der Waals surface area (Å²) in [6.45, 7) is 3.73. The number of hydrogen-bond donors (Lipinski definition) is 0. The van der Waals surface area contributed by atoms with Crippen molar-refractivity contribution in [1.29, 1.82) is 0 Å². The highest BCUT2D eigenvalue weighted by Crippen LogP contribution is 2.24. The fourth-order valence-corrected chi connectivity index (χ4v) is 4.52. The van der Waals surface area contributed by atoms with Crippen molar-refractivity contribution in [2.24, 2.45) is 0 Å². The molecule has 0 N–H and O–H groups in total. The van der Waals surface area contributed by atoms with E-state index in [1.165, 1.54) is 35.7 Å². The van der Waals surface area contributed by atoms with Crippen LogP contribution in [0.4, 0.5) is 0 Å². The van der Waals surface area contributed by atoms with Crippen molar-refractivity contribution in [2.45, 2.75) is 31.3 Å². The number of rotatable bonds is 8. The maximum Gasteiger partial charge on any atom is 0.306 e. The highest BCUT2D eigenvalue weighted by Gasteiger charge is 2.27. The quantitative estimate of drug-likeness (QED) is 0.618. The highest BCUT2D eigenvalue weighted by molar-refractivity contribution is 7.89. The Hall–Kier alpha value is -2.10. The van der Waals surface area contributed by atoms with Gasteiger partial charge in [0.15, 0.2) is 0 Å². The first-order valence-electron chi connectivity index (χ1n) is 8.17. The van der Waals surface area contributed by atoms with E-state index in [2.05, 4.69) is 0 Å². The van der Waals surface area contributed by atoms with Crippen molar-refractivity contribution in [1.82, 2.24) is 4.31 Å². The molecule has 0 unspecified atom stereocenters. The summed E-state index contributed by atoms with van der Waals surface area (Å²) >= 11 is 0. The molecule has 0 bridgehead atoms. The molecule has 0 amide bonds. The molecule has 0 spiro atoms. The molecule has 2 rings (SSSR count). The predicted octanol–water partition coefficient (Wildman–Crippen LogP) is 2.63. The SMILES string of the molecule is COc1ccc(S(=O)(=O)N(Cc2ccc(OS(C)(=O)=O)cc2)C(C)C)cc1. The molecule has 0 aliphatic rings.